The number of carbonyl (C=O) groups is 1. The molecule has 0 saturated heterocycles. The smallest absolute Gasteiger partial charge is 0.780 e. The van der Waals surface area contributed by atoms with E-state index in [1.807, 2.05) is 0 Å². The van der Waals surface area contributed by atoms with Crippen molar-refractivity contribution in [1.82, 2.24) is 0 Å². The van der Waals surface area contributed by atoms with E-state index in [0.717, 1.165) is 0 Å². The summed E-state index contributed by atoms with van der Waals surface area (Å²) in [5.74, 6) is 0. The van der Waals surface area contributed by atoms with Crippen molar-refractivity contribution in [3.8, 4) is 0 Å². The van der Waals surface area contributed by atoms with E-state index in [1.54, 1.807) is 0 Å². The van der Waals surface area contributed by atoms with Crippen molar-refractivity contribution in [1.29, 1.82) is 0 Å². The molecule has 7 heteroatoms. The minimum atomic E-state index is -5.03. The van der Waals surface area contributed by atoms with Gasteiger partial charge in [0.15, 0.2) is 0 Å². The van der Waals surface area contributed by atoms with Gasteiger partial charge in [-0.25, -0.2) is 0 Å². The molecule has 0 N–H and O–H groups in total. The van der Waals surface area contributed by atoms with Gasteiger partial charge in [-0.3, -0.25) is 4.79 Å². The van der Waals surface area contributed by atoms with Gasteiger partial charge < -0.3 is 18.9 Å². The van der Waals surface area contributed by atoms with Crippen molar-refractivity contribution in [3.05, 3.63) is 0 Å². The topological polar surface area (TPSA) is 89.5 Å². The Morgan fingerprint density at radius 2 is 1.88 bits per heavy atom. The molecule has 42 valence electrons. The van der Waals surface area contributed by atoms with E-state index in [2.05, 4.69) is 4.52 Å². The summed E-state index contributed by atoms with van der Waals surface area (Å²) in [6, 6.07) is 0. The summed E-state index contributed by atoms with van der Waals surface area (Å²) in [5.41, 5.74) is 0. The van der Waals surface area contributed by atoms with Gasteiger partial charge in [-0.2, -0.15) is 0 Å². The van der Waals surface area contributed by atoms with Crippen LogP contribution in [0.3, 0.4) is 0 Å². The van der Waals surface area contributed by atoms with Gasteiger partial charge in [-0.1, -0.05) is 0 Å². The maximum Gasteiger partial charge on any atom is 2.00 e. The second kappa shape index (κ2) is 4.73. The standard InChI is InChI=1S/CH3O5P.Ca/c2-1-6-7(3,4)5;/h1H,(H2,3,4,5);/q;+2/p-2. The van der Waals surface area contributed by atoms with Gasteiger partial charge in [0.2, 0.25) is 0 Å². The van der Waals surface area contributed by atoms with Crippen LogP contribution < -0.4 is 9.79 Å². The van der Waals surface area contributed by atoms with E-state index in [1.165, 1.54) is 0 Å². The van der Waals surface area contributed by atoms with Gasteiger partial charge in [0, 0.05) is 0 Å². The third-order valence-electron chi connectivity index (χ3n) is 0.172. The number of carbonyl (C=O) groups excluding carboxylic acids is 1. The number of hydrogen-bond donors (Lipinski definition) is 0. The Morgan fingerprint density at radius 3 is 1.88 bits per heavy atom. The first-order valence-electron chi connectivity index (χ1n) is 1.20. The van der Waals surface area contributed by atoms with Gasteiger partial charge in [-0.15, -0.1) is 0 Å². The van der Waals surface area contributed by atoms with Crippen LogP contribution >= 0.6 is 7.82 Å². The fourth-order valence-electron chi connectivity index (χ4n) is 0.0527. The number of phosphoric ester groups is 1. The normalized spacial score (nSPS) is 9.25. The van der Waals surface area contributed by atoms with E-state index >= 15 is 0 Å². The predicted octanol–water partition coefficient (Wildman–Crippen LogP) is -2.39. The van der Waals surface area contributed by atoms with Crippen molar-refractivity contribution in [3.63, 3.8) is 0 Å². The summed E-state index contributed by atoms with van der Waals surface area (Å²) in [5, 5.41) is 0. The Labute approximate surface area is 75.3 Å². The third-order valence-corrected chi connectivity index (χ3v) is 0.516. The van der Waals surface area contributed by atoms with Crippen LogP contribution in [0, 0.1) is 0 Å². The Morgan fingerprint density at radius 1 is 1.50 bits per heavy atom. The van der Waals surface area contributed by atoms with E-state index in [-0.39, 0.29) is 37.7 Å². The predicted molar refractivity (Wildman–Crippen MR) is 20.5 cm³/mol. The van der Waals surface area contributed by atoms with E-state index < -0.39 is 14.3 Å². The Bertz CT molecular complexity index is 105. The monoisotopic (exact) mass is 164 g/mol. The molecule has 0 amide bonds. The number of phosphoric acid groups is 1. The minimum Gasteiger partial charge on any atom is -0.780 e. The van der Waals surface area contributed by atoms with E-state index in [0.29, 0.717) is 0 Å². The zero-order valence-corrected chi connectivity index (χ0v) is 6.88. The van der Waals surface area contributed by atoms with Crippen LogP contribution in [0.4, 0.5) is 0 Å². The van der Waals surface area contributed by atoms with Crippen molar-refractivity contribution >= 4 is 52.0 Å². The van der Waals surface area contributed by atoms with E-state index in [4.69, 9.17) is 4.79 Å². The third kappa shape index (κ3) is 9.99. The summed E-state index contributed by atoms with van der Waals surface area (Å²) in [7, 11) is -5.03. The summed E-state index contributed by atoms with van der Waals surface area (Å²) in [4.78, 5) is 27.5. The average molecular weight is 164 g/mol. The molecule has 0 saturated carbocycles. The zero-order chi connectivity index (χ0) is 5.91. The van der Waals surface area contributed by atoms with Crippen LogP contribution in [0.25, 0.3) is 0 Å². The maximum atomic E-state index is 9.25. The number of hydrogen-bond acceptors (Lipinski definition) is 5. The second-order valence-electron chi connectivity index (χ2n) is 0.649. The second-order valence-corrected chi connectivity index (χ2v) is 1.75. The molecule has 0 aliphatic heterocycles. The summed E-state index contributed by atoms with van der Waals surface area (Å²) in [6.45, 7) is -0.430. The van der Waals surface area contributed by atoms with Crippen LogP contribution in [-0.4, -0.2) is 44.2 Å². The molecular formula is CHCaO5P. The van der Waals surface area contributed by atoms with Gasteiger partial charge in [-0.05, 0) is 0 Å². The molecule has 0 rings (SSSR count). The zero-order valence-electron chi connectivity index (χ0n) is 3.77. The average Bonchev–Trinajstić information content (AvgIpc) is 1.30. The maximum absolute atomic E-state index is 9.25. The quantitative estimate of drug-likeness (QED) is 0.258. The van der Waals surface area contributed by atoms with Gasteiger partial charge in [0.05, 0.1) is 0 Å². The van der Waals surface area contributed by atoms with Crippen molar-refractivity contribution in [2.24, 2.45) is 0 Å². The molecule has 5 nitrogen and oxygen atoms in total. The van der Waals surface area contributed by atoms with E-state index in [9.17, 15) is 14.4 Å². The minimum absolute atomic E-state index is 0. The van der Waals surface area contributed by atoms with Crippen molar-refractivity contribution in [2.75, 3.05) is 0 Å². The molecule has 0 aliphatic carbocycles. The molecule has 0 aromatic rings. The summed E-state index contributed by atoms with van der Waals surface area (Å²) in [6.07, 6.45) is 0. The summed E-state index contributed by atoms with van der Waals surface area (Å²) < 4.78 is 12.2. The number of rotatable bonds is 2. The largest absolute Gasteiger partial charge is 2.00 e. The first-order chi connectivity index (χ1) is 3.06. The van der Waals surface area contributed by atoms with Gasteiger partial charge >= 0.3 is 37.7 Å². The molecule has 0 aromatic carbocycles. The van der Waals surface area contributed by atoms with Crippen LogP contribution in [0.15, 0.2) is 0 Å². The molecule has 8 heavy (non-hydrogen) atoms. The Hall–Kier alpha value is 0.880. The fourth-order valence-corrected chi connectivity index (χ4v) is 0.158. The molecule has 0 aromatic heterocycles. The molecule has 0 bridgehead atoms. The summed E-state index contributed by atoms with van der Waals surface area (Å²) >= 11 is 0. The van der Waals surface area contributed by atoms with Crippen LogP contribution in [0.1, 0.15) is 0 Å². The Kier molecular flexibility index (Phi) is 6.89. The van der Waals surface area contributed by atoms with Crippen LogP contribution in [0.2, 0.25) is 0 Å². The molecule has 0 radical (unpaired) electrons. The Balaban J connectivity index is 0. The molecule has 0 heterocycles. The first-order valence-corrected chi connectivity index (χ1v) is 2.66. The van der Waals surface area contributed by atoms with Gasteiger partial charge in [0.25, 0.3) is 6.47 Å². The molecule has 0 unspecified atom stereocenters. The molecule has 0 spiro atoms. The van der Waals surface area contributed by atoms with Crippen molar-refractivity contribution < 1.29 is 23.7 Å². The molecule has 0 fully saturated rings. The van der Waals surface area contributed by atoms with Crippen molar-refractivity contribution in [2.45, 2.75) is 0 Å². The SMILES string of the molecule is O=COP(=O)([O-])[O-].[Ca+2]. The van der Waals surface area contributed by atoms with Crippen LogP contribution in [0.5, 0.6) is 0 Å². The fraction of sp³-hybridized carbons (Fsp3) is 0. The van der Waals surface area contributed by atoms with Crippen LogP contribution in [-0.2, 0) is 13.9 Å². The first kappa shape index (κ1) is 11.6. The molecule has 0 atom stereocenters. The van der Waals surface area contributed by atoms with Gasteiger partial charge in [0.1, 0.15) is 7.82 Å². The molecular weight excluding hydrogens is 163 g/mol. The molecule has 0 aliphatic rings.